The number of carbonyl (C=O) groups is 2. The van der Waals surface area contributed by atoms with Gasteiger partial charge in [0.25, 0.3) is 0 Å². The molecule has 0 saturated carbocycles. The first-order chi connectivity index (χ1) is 8.19. The van der Waals surface area contributed by atoms with Crippen molar-refractivity contribution in [3.05, 3.63) is 0 Å². The van der Waals surface area contributed by atoms with E-state index in [4.69, 9.17) is 0 Å². The Morgan fingerprint density at radius 2 is 1.56 bits per heavy atom. The van der Waals surface area contributed by atoms with Crippen LogP contribution < -0.4 is 10.2 Å². The zero-order valence-corrected chi connectivity index (χ0v) is 12.5. The molecule has 0 N–H and O–H groups in total. The largest absolute Gasteiger partial charge is 0.550 e. The maximum Gasteiger partial charge on any atom is 0.0477 e. The average molecular weight is 292 g/mol. The molecule has 6 heteroatoms. The van der Waals surface area contributed by atoms with Crippen LogP contribution >= 0.6 is 25.3 Å². The number of carbonyl (C=O) groups excluding carboxylic acids is 2. The van der Waals surface area contributed by atoms with Crippen LogP contribution in [0.1, 0.15) is 46.0 Å². The molecule has 0 aliphatic heterocycles. The molecule has 0 aliphatic rings. The third kappa shape index (κ3) is 6.54. The van der Waals surface area contributed by atoms with Crippen molar-refractivity contribution in [3.8, 4) is 0 Å². The van der Waals surface area contributed by atoms with E-state index in [1.54, 1.807) is 0 Å². The molecular formula is C12H20O4S2-2. The molecule has 106 valence electrons. The lowest BCUT2D eigenvalue weighted by Gasteiger charge is -2.37. The van der Waals surface area contributed by atoms with Gasteiger partial charge in [0.15, 0.2) is 0 Å². The molecule has 0 heterocycles. The molecule has 2 atom stereocenters. The number of aliphatic carboxylic acids is 2. The molecule has 0 saturated heterocycles. The molecular weight excluding hydrogens is 272 g/mol. The van der Waals surface area contributed by atoms with Crippen LogP contribution in [0.5, 0.6) is 0 Å². The Morgan fingerprint density at radius 3 is 1.83 bits per heavy atom. The van der Waals surface area contributed by atoms with E-state index in [0.29, 0.717) is 12.8 Å². The molecule has 0 radical (unpaired) electrons. The number of carboxylic acids is 2. The Kier molecular flexibility index (Phi) is 7.78. The van der Waals surface area contributed by atoms with Crippen LogP contribution in [-0.2, 0) is 9.59 Å². The van der Waals surface area contributed by atoms with E-state index in [0.717, 1.165) is 0 Å². The molecule has 18 heavy (non-hydrogen) atoms. The lowest BCUT2D eigenvalue weighted by molar-refractivity contribution is -0.321. The Hall–Kier alpha value is -0.360. The maximum atomic E-state index is 11.4. The average Bonchev–Trinajstić information content (AvgIpc) is 2.13. The fourth-order valence-electron chi connectivity index (χ4n) is 2.26. The second-order valence-electron chi connectivity index (χ2n) is 4.90. The van der Waals surface area contributed by atoms with Crippen LogP contribution in [0.3, 0.4) is 0 Å². The summed E-state index contributed by atoms with van der Waals surface area (Å²) in [6.07, 6.45) is 1.06. The first kappa shape index (κ1) is 17.6. The van der Waals surface area contributed by atoms with Crippen molar-refractivity contribution in [1.29, 1.82) is 0 Å². The summed E-state index contributed by atoms with van der Waals surface area (Å²) < 4.78 is 0. The lowest BCUT2D eigenvalue weighted by Crippen LogP contribution is -2.45. The van der Waals surface area contributed by atoms with Gasteiger partial charge in [0, 0.05) is 17.4 Å². The van der Waals surface area contributed by atoms with E-state index < -0.39 is 17.4 Å². The predicted octanol–water partition coefficient (Wildman–Crippen LogP) is 0.0597. The van der Waals surface area contributed by atoms with E-state index in [-0.39, 0.29) is 29.8 Å². The van der Waals surface area contributed by atoms with Gasteiger partial charge < -0.3 is 19.8 Å². The lowest BCUT2D eigenvalue weighted by atomic mass is 9.75. The molecule has 0 aromatic carbocycles. The molecule has 0 fully saturated rings. The molecule has 0 rings (SSSR count). The minimum atomic E-state index is -1.17. The highest BCUT2D eigenvalue weighted by atomic mass is 32.1. The second-order valence-corrected chi connectivity index (χ2v) is 6.66. The van der Waals surface area contributed by atoms with E-state index in [9.17, 15) is 19.8 Å². The molecule has 0 aliphatic carbocycles. The van der Waals surface area contributed by atoms with Gasteiger partial charge in [0.1, 0.15) is 0 Å². The summed E-state index contributed by atoms with van der Waals surface area (Å²) in [6.45, 7) is 3.62. The van der Waals surface area contributed by atoms with Gasteiger partial charge in [-0.1, -0.05) is 13.8 Å². The molecule has 0 amide bonds. The van der Waals surface area contributed by atoms with Crippen molar-refractivity contribution >= 4 is 37.2 Å². The highest BCUT2D eigenvalue weighted by Crippen LogP contribution is 2.37. The molecule has 0 spiro atoms. The zero-order valence-electron chi connectivity index (χ0n) is 10.7. The summed E-state index contributed by atoms with van der Waals surface area (Å²) in [5.74, 6) is -2.32. The third-order valence-electron chi connectivity index (χ3n) is 2.84. The van der Waals surface area contributed by atoms with Gasteiger partial charge in [-0.3, -0.25) is 0 Å². The number of thiol groups is 2. The summed E-state index contributed by atoms with van der Waals surface area (Å²) in [7, 11) is 0. The van der Waals surface area contributed by atoms with Gasteiger partial charge in [0.05, 0.1) is 0 Å². The van der Waals surface area contributed by atoms with Crippen LogP contribution in [0.25, 0.3) is 0 Å². The van der Waals surface area contributed by atoms with Crippen LogP contribution in [0.2, 0.25) is 0 Å². The van der Waals surface area contributed by atoms with Crippen molar-refractivity contribution in [2.45, 2.75) is 56.5 Å². The number of hydrogen-bond donors (Lipinski definition) is 2. The van der Waals surface area contributed by atoms with Crippen LogP contribution in [0.15, 0.2) is 0 Å². The third-order valence-corrected chi connectivity index (χ3v) is 3.21. The quantitative estimate of drug-likeness (QED) is 0.589. The van der Waals surface area contributed by atoms with Gasteiger partial charge >= 0.3 is 0 Å². The Labute approximate surface area is 119 Å². The second kappa shape index (κ2) is 7.94. The molecule has 0 aromatic rings. The zero-order chi connectivity index (χ0) is 14.3. The van der Waals surface area contributed by atoms with Crippen molar-refractivity contribution in [2.75, 3.05) is 0 Å². The van der Waals surface area contributed by atoms with E-state index in [1.165, 1.54) is 0 Å². The van der Waals surface area contributed by atoms with Crippen molar-refractivity contribution in [2.24, 2.45) is 5.41 Å². The standard InChI is InChI=1S/C12H22O4S2/c1-8(17)6-12(11(15)16,7-9(2)18)5-3-4-10(13)14/h8-9,17-18H,3-7H2,1-2H3,(H,13,14)(H,15,16)/p-2. The Morgan fingerprint density at radius 1 is 1.11 bits per heavy atom. The van der Waals surface area contributed by atoms with Gasteiger partial charge in [0.2, 0.25) is 0 Å². The highest BCUT2D eigenvalue weighted by molar-refractivity contribution is 7.81. The Bertz CT molecular complexity index is 280. The monoisotopic (exact) mass is 292 g/mol. The minimum Gasteiger partial charge on any atom is -0.550 e. The van der Waals surface area contributed by atoms with Crippen LogP contribution in [0.4, 0.5) is 0 Å². The molecule has 4 nitrogen and oxygen atoms in total. The SMILES string of the molecule is CC(S)CC(CCCC(=O)[O-])(CC(C)S)C(=O)[O-]. The number of rotatable bonds is 9. The topological polar surface area (TPSA) is 80.3 Å². The number of hydrogen-bond acceptors (Lipinski definition) is 6. The normalized spacial score (nSPS) is 17.8. The highest BCUT2D eigenvalue weighted by Gasteiger charge is 2.33. The first-order valence-electron chi connectivity index (χ1n) is 5.97. The van der Waals surface area contributed by atoms with Crippen molar-refractivity contribution < 1.29 is 19.8 Å². The van der Waals surface area contributed by atoms with Gasteiger partial charge in [-0.2, -0.15) is 25.3 Å². The molecule has 0 bridgehead atoms. The van der Waals surface area contributed by atoms with Crippen LogP contribution in [-0.4, -0.2) is 22.4 Å². The van der Waals surface area contributed by atoms with E-state index >= 15 is 0 Å². The predicted molar refractivity (Wildman–Crippen MR) is 72.4 cm³/mol. The van der Waals surface area contributed by atoms with E-state index in [2.05, 4.69) is 25.3 Å². The molecule has 0 aromatic heterocycles. The summed E-state index contributed by atoms with van der Waals surface area (Å²) in [4.78, 5) is 21.8. The molecule has 2 unspecified atom stereocenters. The van der Waals surface area contributed by atoms with Gasteiger partial charge in [-0.15, -0.1) is 0 Å². The summed E-state index contributed by atoms with van der Waals surface area (Å²) in [6, 6.07) is 0. The van der Waals surface area contributed by atoms with Crippen LogP contribution in [0, 0.1) is 5.41 Å². The smallest absolute Gasteiger partial charge is 0.0477 e. The summed E-state index contributed by atoms with van der Waals surface area (Å²) in [5.41, 5.74) is -1.06. The first-order valence-corrected chi connectivity index (χ1v) is 7.00. The van der Waals surface area contributed by atoms with Gasteiger partial charge in [-0.25, -0.2) is 0 Å². The summed E-state index contributed by atoms with van der Waals surface area (Å²) >= 11 is 8.45. The maximum absolute atomic E-state index is 11.4. The minimum absolute atomic E-state index is 0.0991. The van der Waals surface area contributed by atoms with Gasteiger partial charge in [-0.05, 0) is 42.6 Å². The Balaban J connectivity index is 4.82. The van der Waals surface area contributed by atoms with Crippen molar-refractivity contribution in [1.82, 2.24) is 0 Å². The fraction of sp³-hybridized carbons (Fsp3) is 0.833. The van der Waals surface area contributed by atoms with Crippen molar-refractivity contribution in [3.63, 3.8) is 0 Å². The number of carboxylic acid groups (broad SMARTS) is 2. The van der Waals surface area contributed by atoms with E-state index in [1.807, 2.05) is 13.8 Å². The summed E-state index contributed by atoms with van der Waals surface area (Å²) in [5, 5.41) is 21.6. The fourth-order valence-corrected chi connectivity index (χ4v) is 2.96.